The molecule has 13 nitrogen and oxygen atoms in total. The average Bonchev–Trinajstić information content (AvgIpc) is 3.80. The lowest BCUT2D eigenvalue weighted by atomic mass is 9.97. The Labute approximate surface area is 334 Å². The molecular weight excluding hydrogens is 771 g/mol. The Kier molecular flexibility index (Phi) is 11.0. The van der Waals surface area contributed by atoms with Gasteiger partial charge >= 0.3 is 0 Å². The highest BCUT2D eigenvalue weighted by Crippen LogP contribution is 2.41. The number of nitrogens with zero attached hydrogens (tertiary/aromatic N) is 7. The first kappa shape index (κ1) is 37.9. The molecule has 2 aliphatic carbocycles. The lowest BCUT2D eigenvalue weighted by Gasteiger charge is -2.17. The molecule has 5 heterocycles. The van der Waals surface area contributed by atoms with Gasteiger partial charge in [-0.2, -0.15) is 5.26 Å². The van der Waals surface area contributed by atoms with Crippen molar-refractivity contribution in [3.8, 4) is 34.6 Å². The number of hydrogen-bond donors (Lipinski definition) is 0. The Morgan fingerprint density at radius 1 is 0.750 bits per heavy atom. The van der Waals surface area contributed by atoms with Crippen LogP contribution in [0.2, 0.25) is 0 Å². The molecule has 16 heteroatoms. The monoisotopic (exact) mass is 811 g/mol. The first-order chi connectivity index (χ1) is 27.3. The van der Waals surface area contributed by atoms with E-state index in [1.54, 1.807) is 56.6 Å². The van der Waals surface area contributed by atoms with Crippen LogP contribution in [0.5, 0.6) is 17.2 Å². The normalized spacial score (nSPS) is 13.8. The Balaban J connectivity index is 1.09. The average molecular weight is 812 g/mol. The minimum Gasteiger partial charge on any atom is -0.493 e. The summed E-state index contributed by atoms with van der Waals surface area (Å²) in [6, 6.07) is 5.43. The number of thioether (sulfide) groups is 1. The van der Waals surface area contributed by atoms with E-state index in [1.165, 1.54) is 47.4 Å². The van der Waals surface area contributed by atoms with E-state index < -0.39 is 5.56 Å². The van der Waals surface area contributed by atoms with Crippen LogP contribution in [0.1, 0.15) is 65.0 Å². The van der Waals surface area contributed by atoms with Crippen molar-refractivity contribution < 1.29 is 14.2 Å². The molecule has 0 amide bonds. The number of nitriles is 1. The molecule has 0 atom stereocenters. The van der Waals surface area contributed by atoms with E-state index >= 15 is 0 Å². The number of hydrogen-bond acceptors (Lipinski definition) is 13. The second kappa shape index (κ2) is 16.2. The molecule has 0 saturated carbocycles. The summed E-state index contributed by atoms with van der Waals surface area (Å²) in [5.74, 6) is 1.62. The lowest BCUT2D eigenvalue weighted by molar-refractivity contribution is 0.324. The number of rotatable bonds is 13. The predicted molar refractivity (Wildman–Crippen MR) is 219 cm³/mol. The van der Waals surface area contributed by atoms with Crippen molar-refractivity contribution >= 4 is 54.9 Å². The summed E-state index contributed by atoms with van der Waals surface area (Å²) in [5.41, 5.74) is 2.26. The van der Waals surface area contributed by atoms with E-state index in [0.29, 0.717) is 59.7 Å². The Bertz CT molecular complexity index is 2680. The van der Waals surface area contributed by atoms with Gasteiger partial charge in [0.05, 0.1) is 50.5 Å². The highest BCUT2D eigenvalue weighted by molar-refractivity contribution is 7.99. The Morgan fingerprint density at radius 2 is 1.30 bits per heavy atom. The Morgan fingerprint density at radius 3 is 1.84 bits per heavy atom. The standard InChI is InChI=1S/C40H41N7O6S3/c1-51-27-18-23(19-28(52-2)34(27)53-3)33-26(20-41)37(48)47(16-8-14-45-21-42-35-31(38(45)49)24-10-4-6-12-29(24)55-35)40(44-33)54-17-9-15-46-22-43-36-32(39(46)50)25-11-5-7-13-30(25)56-36/h18-19,21-22H,4-17H2,1-3H3. The molecule has 5 aromatic heterocycles. The maximum atomic E-state index is 14.2. The summed E-state index contributed by atoms with van der Waals surface area (Å²) < 4.78 is 21.5. The number of methoxy groups -OCH3 is 3. The summed E-state index contributed by atoms with van der Waals surface area (Å²) in [5, 5.41) is 12.2. The smallest absolute Gasteiger partial charge is 0.272 e. The minimum atomic E-state index is -0.491. The molecule has 0 radical (unpaired) electrons. The third-order valence-electron chi connectivity index (χ3n) is 10.6. The number of benzene rings is 1. The maximum absolute atomic E-state index is 14.2. The molecule has 0 spiro atoms. The zero-order valence-electron chi connectivity index (χ0n) is 31.5. The molecule has 1 aromatic carbocycles. The van der Waals surface area contributed by atoms with Gasteiger partial charge in [0.15, 0.2) is 16.7 Å². The van der Waals surface area contributed by atoms with Gasteiger partial charge in [0, 0.05) is 40.7 Å². The van der Waals surface area contributed by atoms with Gasteiger partial charge in [-0.15, -0.1) is 22.7 Å². The third-order valence-corrected chi connectivity index (χ3v) is 14.1. The van der Waals surface area contributed by atoms with E-state index in [0.717, 1.165) is 82.9 Å². The molecule has 0 bridgehead atoms. The zero-order chi connectivity index (χ0) is 38.9. The van der Waals surface area contributed by atoms with Crippen LogP contribution in [0.25, 0.3) is 31.7 Å². The van der Waals surface area contributed by atoms with Crippen molar-refractivity contribution in [1.29, 1.82) is 5.26 Å². The van der Waals surface area contributed by atoms with Crippen molar-refractivity contribution in [2.45, 2.75) is 89.0 Å². The van der Waals surface area contributed by atoms with Crippen LogP contribution in [0.4, 0.5) is 0 Å². The van der Waals surface area contributed by atoms with Crippen molar-refractivity contribution in [3.05, 3.63) is 82.3 Å². The predicted octanol–water partition coefficient (Wildman–Crippen LogP) is 6.38. The topological polar surface area (TPSA) is 156 Å². The largest absolute Gasteiger partial charge is 0.493 e. The number of fused-ring (bicyclic) bond motifs is 6. The highest BCUT2D eigenvalue weighted by atomic mass is 32.2. The van der Waals surface area contributed by atoms with E-state index in [-0.39, 0.29) is 28.9 Å². The first-order valence-corrected chi connectivity index (χ1v) is 21.4. The maximum Gasteiger partial charge on any atom is 0.272 e. The van der Waals surface area contributed by atoms with Crippen LogP contribution in [0.3, 0.4) is 0 Å². The molecule has 6 aromatic rings. The molecule has 0 fully saturated rings. The Hall–Kier alpha value is -4.98. The van der Waals surface area contributed by atoms with E-state index in [2.05, 4.69) is 16.0 Å². The fraction of sp³-hybridized carbons (Fsp3) is 0.425. The van der Waals surface area contributed by atoms with Crippen molar-refractivity contribution in [2.75, 3.05) is 27.1 Å². The summed E-state index contributed by atoms with van der Waals surface area (Å²) in [4.78, 5) is 59.9. The number of ether oxygens (including phenoxy) is 3. The van der Waals surface area contributed by atoms with E-state index in [1.807, 2.05) is 0 Å². The lowest BCUT2D eigenvalue weighted by Crippen LogP contribution is -2.28. The molecule has 0 aliphatic heterocycles. The van der Waals surface area contributed by atoms with Crippen LogP contribution < -0.4 is 30.9 Å². The highest BCUT2D eigenvalue weighted by Gasteiger charge is 2.24. The first-order valence-electron chi connectivity index (χ1n) is 18.8. The zero-order valence-corrected chi connectivity index (χ0v) is 34.0. The van der Waals surface area contributed by atoms with Crippen LogP contribution in [0.15, 0.2) is 44.3 Å². The van der Waals surface area contributed by atoms with Gasteiger partial charge in [0.25, 0.3) is 16.7 Å². The van der Waals surface area contributed by atoms with Gasteiger partial charge in [-0.3, -0.25) is 28.1 Å². The summed E-state index contributed by atoms with van der Waals surface area (Å²) in [7, 11) is 4.49. The summed E-state index contributed by atoms with van der Waals surface area (Å²) in [6.07, 6.45) is 12.5. The SMILES string of the molecule is COc1cc(-c2nc(SCCCn3cnc4sc5c(c4c3=O)CCCC5)n(CCCn3cnc4sc5c(c4c3=O)CCCC5)c(=O)c2C#N)cc(OC)c1OC. The van der Waals surface area contributed by atoms with Crippen LogP contribution in [-0.4, -0.2) is 55.7 Å². The van der Waals surface area contributed by atoms with E-state index in [9.17, 15) is 19.6 Å². The van der Waals surface area contributed by atoms with Gasteiger partial charge in [0.2, 0.25) is 5.75 Å². The third kappa shape index (κ3) is 6.90. The molecule has 56 heavy (non-hydrogen) atoms. The second-order valence-electron chi connectivity index (χ2n) is 13.9. The molecular formula is C40H41N7O6S3. The molecule has 0 unspecified atom stereocenters. The fourth-order valence-corrected chi connectivity index (χ4v) is 11.2. The van der Waals surface area contributed by atoms with Gasteiger partial charge in [-0.25, -0.2) is 15.0 Å². The van der Waals surface area contributed by atoms with Gasteiger partial charge < -0.3 is 14.2 Å². The van der Waals surface area contributed by atoms with E-state index in [4.69, 9.17) is 19.2 Å². The molecule has 2 aliphatic rings. The number of aryl methyl sites for hydroxylation is 6. The minimum absolute atomic E-state index is 0.0108. The fourth-order valence-electron chi connectivity index (χ4n) is 7.85. The second-order valence-corrected chi connectivity index (χ2v) is 17.2. The van der Waals surface area contributed by atoms with Crippen LogP contribution >= 0.6 is 34.4 Å². The quantitative estimate of drug-likeness (QED) is 0.0725. The van der Waals surface area contributed by atoms with Gasteiger partial charge in [-0.1, -0.05) is 11.8 Å². The molecule has 8 rings (SSSR count). The van der Waals surface area contributed by atoms with Gasteiger partial charge in [0.1, 0.15) is 21.3 Å². The summed E-state index contributed by atoms with van der Waals surface area (Å²) in [6.45, 7) is 1.00. The van der Waals surface area contributed by atoms with Crippen LogP contribution in [0, 0.1) is 11.3 Å². The van der Waals surface area contributed by atoms with Crippen molar-refractivity contribution in [1.82, 2.24) is 28.7 Å². The van der Waals surface area contributed by atoms with Gasteiger partial charge in [-0.05, 0) is 87.5 Å². The van der Waals surface area contributed by atoms with Crippen LogP contribution in [-0.2, 0) is 45.3 Å². The molecule has 290 valence electrons. The van der Waals surface area contributed by atoms with Crippen molar-refractivity contribution in [2.24, 2.45) is 0 Å². The number of aromatic nitrogens is 6. The summed E-state index contributed by atoms with van der Waals surface area (Å²) >= 11 is 4.63. The molecule has 0 saturated heterocycles. The number of thiophene rings is 2. The molecule has 0 N–H and O–H groups in total. The van der Waals surface area contributed by atoms with Crippen molar-refractivity contribution in [3.63, 3.8) is 0 Å².